The number of hydrogen-bond donors (Lipinski definition) is 3. The van der Waals surface area contributed by atoms with Gasteiger partial charge in [0, 0.05) is 24.2 Å². The van der Waals surface area contributed by atoms with E-state index in [4.69, 9.17) is 0 Å². The van der Waals surface area contributed by atoms with Crippen molar-refractivity contribution in [3.63, 3.8) is 0 Å². The third-order valence-electron chi connectivity index (χ3n) is 4.28. The molecule has 0 radical (unpaired) electrons. The van der Waals surface area contributed by atoms with Crippen LogP contribution in [0.1, 0.15) is 40.4 Å². The number of hydrogen-bond acceptors (Lipinski definition) is 5. The van der Waals surface area contributed by atoms with Crippen LogP contribution in [0.4, 0.5) is 11.4 Å². The lowest BCUT2D eigenvalue weighted by atomic mass is 10.1. The van der Waals surface area contributed by atoms with E-state index in [1.165, 1.54) is 12.1 Å². The molecule has 2 aromatic rings. The molecule has 3 N–H and O–H groups in total. The lowest BCUT2D eigenvalue weighted by Gasteiger charge is -2.14. The molecule has 1 unspecified atom stereocenters. The number of amides is 1. The Morgan fingerprint density at radius 3 is 2.73 bits per heavy atom. The predicted octanol–water partition coefficient (Wildman–Crippen LogP) is 2.94. The number of aryl methyl sites for hydroxylation is 1. The molecule has 0 spiro atoms. The molecular formula is C19H21N3O4. The lowest BCUT2D eigenvalue weighted by molar-refractivity contribution is -0.384. The first-order valence-electron chi connectivity index (χ1n) is 8.52. The number of anilines is 1. The molecule has 1 saturated carbocycles. The number of carbonyl (C=O) groups is 1. The van der Waals surface area contributed by atoms with Crippen LogP contribution in [0, 0.1) is 17.0 Å². The Kier molecular flexibility index (Phi) is 5.18. The SMILES string of the molecule is Cc1cccc(C(O)CNc2ccc(C(=O)NC3CC3)cc2[N+](=O)[O-])c1. The molecule has 0 aromatic heterocycles. The van der Waals surface area contributed by atoms with E-state index in [1.54, 1.807) is 12.1 Å². The number of nitrogens with one attached hydrogen (secondary N) is 2. The highest BCUT2D eigenvalue weighted by atomic mass is 16.6. The molecule has 0 heterocycles. The molecule has 0 bridgehead atoms. The van der Waals surface area contributed by atoms with Gasteiger partial charge in [-0.2, -0.15) is 0 Å². The molecule has 1 amide bonds. The fourth-order valence-corrected chi connectivity index (χ4v) is 2.67. The summed E-state index contributed by atoms with van der Waals surface area (Å²) in [4.78, 5) is 22.9. The molecule has 1 fully saturated rings. The quantitative estimate of drug-likeness (QED) is 0.523. The van der Waals surface area contributed by atoms with Crippen molar-refractivity contribution in [3.8, 4) is 0 Å². The largest absolute Gasteiger partial charge is 0.387 e. The molecule has 136 valence electrons. The number of rotatable bonds is 7. The van der Waals surface area contributed by atoms with Crippen LogP contribution in [0.25, 0.3) is 0 Å². The second-order valence-electron chi connectivity index (χ2n) is 6.55. The first-order valence-corrected chi connectivity index (χ1v) is 8.52. The first-order chi connectivity index (χ1) is 12.4. The molecule has 1 aliphatic carbocycles. The van der Waals surface area contributed by atoms with E-state index in [-0.39, 0.29) is 35.4 Å². The van der Waals surface area contributed by atoms with Gasteiger partial charge in [0.05, 0.1) is 11.0 Å². The number of carbonyl (C=O) groups excluding carboxylic acids is 1. The van der Waals surface area contributed by atoms with Crippen molar-refractivity contribution in [2.75, 3.05) is 11.9 Å². The van der Waals surface area contributed by atoms with E-state index >= 15 is 0 Å². The molecule has 0 aliphatic heterocycles. The van der Waals surface area contributed by atoms with Gasteiger partial charge in [-0.05, 0) is 37.5 Å². The highest BCUT2D eigenvalue weighted by Crippen LogP contribution is 2.27. The van der Waals surface area contributed by atoms with Gasteiger partial charge in [-0.25, -0.2) is 0 Å². The Morgan fingerprint density at radius 1 is 1.31 bits per heavy atom. The van der Waals surface area contributed by atoms with Crippen molar-refractivity contribution < 1.29 is 14.8 Å². The zero-order valence-corrected chi connectivity index (χ0v) is 14.4. The maximum absolute atomic E-state index is 12.1. The Hall–Kier alpha value is -2.93. The summed E-state index contributed by atoms with van der Waals surface area (Å²) >= 11 is 0. The van der Waals surface area contributed by atoms with Crippen LogP contribution in [0.15, 0.2) is 42.5 Å². The van der Waals surface area contributed by atoms with Gasteiger partial charge in [0.15, 0.2) is 0 Å². The summed E-state index contributed by atoms with van der Waals surface area (Å²) in [6.45, 7) is 2.05. The standard InChI is InChI=1S/C19H21N3O4/c1-12-3-2-4-13(9-12)18(23)11-20-16-8-5-14(10-17(16)22(25)26)19(24)21-15-6-7-15/h2-5,8-10,15,18,20,23H,6-7,11H2,1H3,(H,21,24). The second kappa shape index (κ2) is 7.53. The minimum Gasteiger partial charge on any atom is -0.387 e. The normalized spacial score (nSPS) is 14.5. The van der Waals surface area contributed by atoms with Gasteiger partial charge in [0.25, 0.3) is 11.6 Å². The van der Waals surface area contributed by atoms with Crippen LogP contribution in [0.2, 0.25) is 0 Å². The molecular weight excluding hydrogens is 334 g/mol. The Bertz CT molecular complexity index is 833. The summed E-state index contributed by atoms with van der Waals surface area (Å²) in [7, 11) is 0. The van der Waals surface area contributed by atoms with Crippen LogP contribution in [0.5, 0.6) is 0 Å². The van der Waals surface area contributed by atoms with Gasteiger partial charge in [-0.1, -0.05) is 29.8 Å². The summed E-state index contributed by atoms with van der Waals surface area (Å²) in [5, 5.41) is 27.4. The van der Waals surface area contributed by atoms with Crippen LogP contribution in [-0.4, -0.2) is 28.5 Å². The van der Waals surface area contributed by atoms with Gasteiger partial charge in [0.2, 0.25) is 0 Å². The fraction of sp³-hybridized carbons (Fsp3) is 0.316. The molecule has 2 aromatic carbocycles. The number of nitrogens with zero attached hydrogens (tertiary/aromatic N) is 1. The van der Waals surface area contributed by atoms with E-state index in [0.717, 1.165) is 24.0 Å². The molecule has 26 heavy (non-hydrogen) atoms. The summed E-state index contributed by atoms with van der Waals surface area (Å²) in [6.07, 6.45) is 1.10. The Labute approximate surface area is 151 Å². The van der Waals surface area contributed by atoms with E-state index in [2.05, 4.69) is 10.6 Å². The average Bonchev–Trinajstić information content (AvgIpc) is 3.43. The van der Waals surface area contributed by atoms with Crippen LogP contribution < -0.4 is 10.6 Å². The van der Waals surface area contributed by atoms with E-state index in [0.29, 0.717) is 0 Å². The minimum atomic E-state index is -0.799. The number of nitro groups is 1. The van der Waals surface area contributed by atoms with Crippen molar-refractivity contribution in [1.82, 2.24) is 5.32 Å². The van der Waals surface area contributed by atoms with Crippen molar-refractivity contribution in [3.05, 3.63) is 69.3 Å². The van der Waals surface area contributed by atoms with Gasteiger partial charge < -0.3 is 15.7 Å². The summed E-state index contributed by atoms with van der Waals surface area (Å²) in [5.41, 5.74) is 2.10. The van der Waals surface area contributed by atoms with Crippen molar-refractivity contribution in [2.24, 2.45) is 0 Å². The minimum absolute atomic E-state index is 0.123. The first kappa shape index (κ1) is 17.9. The van der Waals surface area contributed by atoms with Crippen molar-refractivity contribution in [1.29, 1.82) is 0 Å². The average molecular weight is 355 g/mol. The molecule has 1 atom stereocenters. The zero-order valence-electron chi connectivity index (χ0n) is 14.4. The molecule has 3 rings (SSSR count). The Balaban J connectivity index is 1.72. The molecule has 0 saturated heterocycles. The third-order valence-corrected chi connectivity index (χ3v) is 4.28. The Morgan fingerprint density at radius 2 is 2.08 bits per heavy atom. The van der Waals surface area contributed by atoms with E-state index < -0.39 is 11.0 Å². The van der Waals surface area contributed by atoms with E-state index in [9.17, 15) is 20.0 Å². The molecule has 7 heteroatoms. The van der Waals surface area contributed by atoms with Crippen LogP contribution in [0.3, 0.4) is 0 Å². The molecule has 7 nitrogen and oxygen atoms in total. The zero-order chi connectivity index (χ0) is 18.7. The highest BCUT2D eigenvalue weighted by molar-refractivity contribution is 5.96. The lowest BCUT2D eigenvalue weighted by Crippen LogP contribution is -2.25. The van der Waals surface area contributed by atoms with Crippen LogP contribution in [-0.2, 0) is 0 Å². The number of benzene rings is 2. The topological polar surface area (TPSA) is 104 Å². The fourth-order valence-electron chi connectivity index (χ4n) is 2.67. The van der Waals surface area contributed by atoms with Crippen molar-refractivity contribution >= 4 is 17.3 Å². The van der Waals surface area contributed by atoms with E-state index in [1.807, 2.05) is 25.1 Å². The maximum Gasteiger partial charge on any atom is 0.293 e. The highest BCUT2D eigenvalue weighted by Gasteiger charge is 2.25. The summed E-state index contributed by atoms with van der Waals surface area (Å²) < 4.78 is 0. The maximum atomic E-state index is 12.1. The molecule has 1 aliphatic rings. The second-order valence-corrected chi connectivity index (χ2v) is 6.55. The number of nitro benzene ring substituents is 1. The van der Waals surface area contributed by atoms with Gasteiger partial charge >= 0.3 is 0 Å². The smallest absolute Gasteiger partial charge is 0.293 e. The summed E-state index contributed by atoms with van der Waals surface area (Å²) in [5.74, 6) is -0.304. The number of aliphatic hydroxyl groups excluding tert-OH is 1. The number of aliphatic hydroxyl groups is 1. The predicted molar refractivity (Wildman–Crippen MR) is 98.2 cm³/mol. The van der Waals surface area contributed by atoms with Gasteiger partial charge in [0.1, 0.15) is 5.69 Å². The van der Waals surface area contributed by atoms with Gasteiger partial charge in [-0.15, -0.1) is 0 Å². The van der Waals surface area contributed by atoms with Crippen LogP contribution >= 0.6 is 0 Å². The third kappa shape index (κ3) is 4.37. The van der Waals surface area contributed by atoms with Gasteiger partial charge in [-0.3, -0.25) is 14.9 Å². The van der Waals surface area contributed by atoms with Crippen molar-refractivity contribution in [2.45, 2.75) is 31.9 Å². The monoisotopic (exact) mass is 355 g/mol. The summed E-state index contributed by atoms with van der Waals surface area (Å²) in [6, 6.07) is 12.0.